The number of rotatable bonds is 3. The average molecular weight is 769 g/mol. The normalized spacial score (nSPS) is 14.2. The van der Waals surface area contributed by atoms with Crippen LogP contribution in [0.1, 0.15) is 98.4 Å². The van der Waals surface area contributed by atoms with Crippen molar-refractivity contribution in [2.75, 3.05) is 0 Å². The molecule has 6 rings (SSSR count). The summed E-state index contributed by atoms with van der Waals surface area (Å²) in [5, 5.41) is 5.48. The van der Waals surface area contributed by atoms with Gasteiger partial charge in [0, 0.05) is 0 Å². The molecule has 5 aromatic carbocycles. The molecule has 0 radical (unpaired) electrons. The first-order valence-electron chi connectivity index (χ1n) is 17.1. The molecule has 0 amide bonds. The standard InChI is InChI=1S/C21H25.C13H10.C12H19.2ClH.Zr/c1-20(2,3)16-7-9-18-14(12-16)11-15-13-17(21(4,5)6)8-10-19(15)18;1-3-7-12(8-4-1)11-13-9-5-2-6-10-13;1-9(2)10-6-7-11(8-10)12(3,4)5;;;/h7-13H,1-6H3;1-10H;7-10H,1-5H3;2*1H;/q-1;;-1;;;+2/p-2. The molecule has 0 saturated heterocycles. The molecular formula is C46H54Cl2Zr-2. The van der Waals surface area contributed by atoms with E-state index in [0.717, 1.165) is 0 Å². The summed E-state index contributed by atoms with van der Waals surface area (Å²) in [5.41, 5.74) is 7.59. The van der Waals surface area contributed by atoms with Crippen molar-refractivity contribution >= 4 is 24.8 Å². The zero-order valence-corrected chi connectivity index (χ0v) is 35.4. The van der Waals surface area contributed by atoms with Gasteiger partial charge in [0.15, 0.2) is 0 Å². The molecule has 0 aliphatic heterocycles. The third-order valence-electron chi connectivity index (χ3n) is 8.94. The van der Waals surface area contributed by atoms with Gasteiger partial charge < -0.3 is 24.8 Å². The summed E-state index contributed by atoms with van der Waals surface area (Å²) in [5.74, 6) is 1.22. The molecule has 0 spiro atoms. The molecule has 0 fully saturated rings. The van der Waals surface area contributed by atoms with Gasteiger partial charge in [-0.2, -0.15) is 11.6 Å². The van der Waals surface area contributed by atoms with Crippen molar-refractivity contribution in [1.29, 1.82) is 0 Å². The van der Waals surface area contributed by atoms with E-state index in [4.69, 9.17) is 0 Å². The first-order valence-corrected chi connectivity index (χ1v) is 18.3. The van der Waals surface area contributed by atoms with Crippen LogP contribution < -0.4 is 24.8 Å². The molecule has 0 nitrogen and oxygen atoms in total. The van der Waals surface area contributed by atoms with Crippen LogP contribution in [-0.4, -0.2) is 3.21 Å². The van der Waals surface area contributed by atoms with Crippen LogP contribution in [0, 0.1) is 23.3 Å². The van der Waals surface area contributed by atoms with Crippen molar-refractivity contribution in [3.63, 3.8) is 0 Å². The van der Waals surface area contributed by atoms with Crippen LogP contribution in [0.2, 0.25) is 0 Å². The Morgan fingerprint density at radius 3 is 1.33 bits per heavy atom. The van der Waals surface area contributed by atoms with Gasteiger partial charge in [0.05, 0.1) is 0 Å². The van der Waals surface area contributed by atoms with Crippen LogP contribution in [0.4, 0.5) is 0 Å². The van der Waals surface area contributed by atoms with Crippen molar-refractivity contribution in [2.45, 2.75) is 87.0 Å². The van der Waals surface area contributed by atoms with Crippen molar-refractivity contribution in [1.82, 2.24) is 0 Å². The van der Waals surface area contributed by atoms with E-state index in [1.165, 1.54) is 76.8 Å². The van der Waals surface area contributed by atoms with Crippen LogP contribution in [-0.2, 0) is 35.1 Å². The minimum atomic E-state index is 0. The fourth-order valence-corrected chi connectivity index (χ4v) is 6.48. The van der Waals surface area contributed by atoms with Gasteiger partial charge in [-0.05, 0) is 10.8 Å². The van der Waals surface area contributed by atoms with Crippen molar-refractivity contribution in [2.24, 2.45) is 17.3 Å². The Morgan fingerprint density at radius 2 is 1.02 bits per heavy atom. The second-order valence-electron chi connectivity index (χ2n) is 16.3. The Morgan fingerprint density at radius 1 is 0.612 bits per heavy atom. The third kappa shape index (κ3) is 11.5. The van der Waals surface area contributed by atoms with Crippen molar-refractivity contribution < 1.29 is 49.0 Å². The van der Waals surface area contributed by atoms with E-state index >= 15 is 0 Å². The molecule has 3 heteroatoms. The van der Waals surface area contributed by atoms with Crippen LogP contribution in [0.25, 0.3) is 21.5 Å². The van der Waals surface area contributed by atoms with Gasteiger partial charge in [0.2, 0.25) is 0 Å². The molecule has 49 heavy (non-hydrogen) atoms. The second-order valence-corrected chi connectivity index (χ2v) is 17.5. The van der Waals surface area contributed by atoms with Crippen molar-refractivity contribution in [3.8, 4) is 0 Å². The van der Waals surface area contributed by atoms with E-state index in [1.807, 2.05) is 0 Å². The minimum absolute atomic E-state index is 0. The SMILES string of the molecule is CC(C)(C)c1ccc2c(c1)[cH-]c1cc(C(C)(C)C)ccc12.CC(C)C1[C-]=CC(C(C)(C)C)=C1.[Cl-].[Cl-].[Zr+2]=[C](c1ccccc1)c1ccccc1. The van der Waals surface area contributed by atoms with Gasteiger partial charge in [-0.3, -0.25) is 6.08 Å². The van der Waals surface area contributed by atoms with Crippen LogP contribution in [0.5, 0.6) is 0 Å². The monoisotopic (exact) mass is 766 g/mol. The first-order chi connectivity index (χ1) is 21.9. The zero-order chi connectivity index (χ0) is 34.6. The summed E-state index contributed by atoms with van der Waals surface area (Å²) in [6, 6.07) is 37.3. The molecule has 0 bridgehead atoms. The number of hydrogen-bond acceptors (Lipinski definition) is 0. The summed E-state index contributed by atoms with van der Waals surface area (Å²) >= 11 is 1.46. The molecule has 0 heterocycles. The predicted octanol–water partition coefficient (Wildman–Crippen LogP) is 6.72. The Balaban J connectivity index is 0.000000262. The number of halogens is 2. The van der Waals surface area contributed by atoms with Gasteiger partial charge >= 0.3 is 99.2 Å². The fourth-order valence-electron chi connectivity index (χ4n) is 5.66. The Labute approximate surface area is 325 Å². The summed E-state index contributed by atoms with van der Waals surface area (Å²) < 4.78 is 1.42. The summed E-state index contributed by atoms with van der Waals surface area (Å²) in [6.45, 7) is 24.9. The molecule has 1 atom stereocenters. The molecule has 0 aromatic heterocycles. The summed E-state index contributed by atoms with van der Waals surface area (Å²) in [4.78, 5) is 0. The molecule has 0 N–H and O–H groups in total. The molecule has 1 unspecified atom stereocenters. The van der Waals surface area contributed by atoms with Gasteiger partial charge in [-0.25, -0.2) is 6.08 Å². The van der Waals surface area contributed by atoms with Gasteiger partial charge in [-0.15, -0.1) is 39.7 Å². The van der Waals surface area contributed by atoms with Crippen molar-refractivity contribution in [3.05, 3.63) is 149 Å². The van der Waals surface area contributed by atoms with E-state index in [-0.39, 0.29) is 41.1 Å². The molecule has 1 aliphatic rings. The predicted molar refractivity (Wildman–Crippen MR) is 204 cm³/mol. The van der Waals surface area contributed by atoms with E-state index in [2.05, 4.69) is 198 Å². The van der Waals surface area contributed by atoms with E-state index < -0.39 is 0 Å². The van der Waals surface area contributed by atoms with Gasteiger partial charge in [-0.1, -0.05) is 129 Å². The van der Waals surface area contributed by atoms with E-state index in [9.17, 15) is 0 Å². The number of hydrogen-bond donors (Lipinski definition) is 0. The Kier molecular flexibility index (Phi) is 15.4. The quantitative estimate of drug-likeness (QED) is 0.179. The first kappa shape index (κ1) is 42.7. The molecule has 258 valence electrons. The fraction of sp³-hybridized carbons (Fsp3) is 0.348. The number of benzene rings is 4. The number of fused-ring (bicyclic) bond motifs is 3. The van der Waals surface area contributed by atoms with Gasteiger partial charge in [0.1, 0.15) is 0 Å². The summed E-state index contributed by atoms with van der Waals surface area (Å²) in [6.07, 6.45) is 7.90. The Hall–Kier alpha value is -2.44. The van der Waals surface area contributed by atoms with Crippen LogP contribution >= 0.6 is 0 Å². The van der Waals surface area contributed by atoms with E-state index in [0.29, 0.717) is 11.8 Å². The molecule has 5 aromatic rings. The maximum absolute atomic E-state index is 3.40. The molecule has 1 aliphatic carbocycles. The average Bonchev–Trinajstić information content (AvgIpc) is 3.67. The maximum atomic E-state index is 3.40. The van der Waals surface area contributed by atoms with Crippen LogP contribution in [0.15, 0.2) is 121 Å². The summed E-state index contributed by atoms with van der Waals surface area (Å²) in [7, 11) is 0. The number of allylic oxidation sites excluding steroid dienone is 4. The Bertz CT molecular complexity index is 1740. The van der Waals surface area contributed by atoms with Crippen LogP contribution in [0.3, 0.4) is 0 Å². The van der Waals surface area contributed by atoms with Gasteiger partial charge in [0.25, 0.3) is 0 Å². The van der Waals surface area contributed by atoms with E-state index in [1.54, 1.807) is 0 Å². The molecular weight excluding hydrogens is 715 g/mol. The zero-order valence-electron chi connectivity index (χ0n) is 31.4. The second kappa shape index (κ2) is 17.7. The molecule has 0 saturated carbocycles. The topological polar surface area (TPSA) is 0 Å². The third-order valence-corrected chi connectivity index (χ3v) is 10.4.